The summed E-state index contributed by atoms with van der Waals surface area (Å²) >= 11 is 0. The van der Waals surface area contributed by atoms with E-state index in [0.29, 0.717) is 11.3 Å². The molecular formula is C15H22N2O3. The van der Waals surface area contributed by atoms with E-state index in [2.05, 4.69) is 18.8 Å². The maximum Gasteiger partial charge on any atom is 0.348 e. The second kappa shape index (κ2) is 5.04. The van der Waals surface area contributed by atoms with Crippen LogP contribution in [0.2, 0.25) is 0 Å². The van der Waals surface area contributed by atoms with Gasteiger partial charge in [0, 0.05) is 23.0 Å². The Balaban J connectivity index is 2.48. The molecule has 0 aromatic carbocycles. The van der Waals surface area contributed by atoms with Gasteiger partial charge in [0.05, 0.1) is 6.42 Å². The highest BCUT2D eigenvalue weighted by Gasteiger charge is 2.33. The van der Waals surface area contributed by atoms with Crippen LogP contribution in [0.5, 0.6) is 0 Å². The molecule has 1 aromatic heterocycles. The maximum atomic E-state index is 12.2. The van der Waals surface area contributed by atoms with Crippen molar-refractivity contribution in [1.82, 2.24) is 9.55 Å². The summed E-state index contributed by atoms with van der Waals surface area (Å²) in [5.74, 6) is -0.894. The molecule has 1 fully saturated rings. The normalized spacial score (nSPS) is 21.1. The first-order valence-electron chi connectivity index (χ1n) is 7.02. The second-order valence-electron chi connectivity index (χ2n) is 6.55. The molecule has 1 aromatic rings. The Hall–Kier alpha value is -1.65. The lowest BCUT2D eigenvalue weighted by atomic mass is 9.91. The Morgan fingerprint density at radius 3 is 2.60 bits per heavy atom. The average molecular weight is 278 g/mol. The van der Waals surface area contributed by atoms with Crippen LogP contribution >= 0.6 is 0 Å². The largest absolute Gasteiger partial charge is 0.481 e. The molecule has 110 valence electrons. The predicted molar refractivity (Wildman–Crippen MR) is 76.0 cm³/mol. The zero-order chi connectivity index (χ0) is 15.1. The van der Waals surface area contributed by atoms with E-state index >= 15 is 0 Å². The van der Waals surface area contributed by atoms with Gasteiger partial charge in [0.15, 0.2) is 0 Å². The smallest absolute Gasteiger partial charge is 0.348 e. The van der Waals surface area contributed by atoms with E-state index in [1.54, 1.807) is 11.5 Å². The Morgan fingerprint density at radius 2 is 2.10 bits per heavy atom. The van der Waals surface area contributed by atoms with Crippen LogP contribution < -0.4 is 5.69 Å². The molecule has 0 spiro atoms. The molecule has 1 aliphatic carbocycles. The van der Waals surface area contributed by atoms with E-state index < -0.39 is 5.97 Å². The Kier molecular flexibility index (Phi) is 3.71. The molecule has 0 saturated heterocycles. The van der Waals surface area contributed by atoms with Gasteiger partial charge in [0.25, 0.3) is 0 Å². The van der Waals surface area contributed by atoms with Gasteiger partial charge in [-0.15, -0.1) is 0 Å². The van der Waals surface area contributed by atoms with Crippen molar-refractivity contribution in [2.24, 2.45) is 5.41 Å². The summed E-state index contributed by atoms with van der Waals surface area (Å²) in [5.41, 5.74) is 1.93. The number of carboxylic acids is 1. The summed E-state index contributed by atoms with van der Waals surface area (Å²) in [5, 5.41) is 9.01. The Bertz CT molecular complexity index is 602. The van der Waals surface area contributed by atoms with Gasteiger partial charge in [-0.2, -0.15) is 4.98 Å². The molecule has 2 rings (SSSR count). The Labute approximate surface area is 118 Å². The van der Waals surface area contributed by atoms with Gasteiger partial charge in [-0.3, -0.25) is 9.36 Å². The Morgan fingerprint density at radius 1 is 1.45 bits per heavy atom. The van der Waals surface area contributed by atoms with Crippen molar-refractivity contribution in [3.63, 3.8) is 0 Å². The van der Waals surface area contributed by atoms with Crippen molar-refractivity contribution in [2.45, 2.75) is 59.4 Å². The fourth-order valence-corrected chi connectivity index (χ4v) is 3.27. The zero-order valence-corrected chi connectivity index (χ0v) is 12.6. The van der Waals surface area contributed by atoms with Crippen LogP contribution in [0.3, 0.4) is 0 Å². The van der Waals surface area contributed by atoms with Crippen LogP contribution in [0.15, 0.2) is 4.79 Å². The summed E-state index contributed by atoms with van der Waals surface area (Å²) in [6.07, 6.45) is 2.88. The minimum atomic E-state index is -0.894. The summed E-state index contributed by atoms with van der Waals surface area (Å²) in [7, 11) is 0. The molecule has 5 heteroatoms. The van der Waals surface area contributed by atoms with Crippen LogP contribution in [-0.2, 0) is 11.2 Å². The van der Waals surface area contributed by atoms with Crippen molar-refractivity contribution in [3.8, 4) is 0 Å². The number of aryl methyl sites for hydroxylation is 1. The van der Waals surface area contributed by atoms with Gasteiger partial charge in [-0.1, -0.05) is 13.8 Å². The molecule has 5 nitrogen and oxygen atoms in total. The van der Waals surface area contributed by atoms with E-state index in [-0.39, 0.29) is 23.6 Å². The summed E-state index contributed by atoms with van der Waals surface area (Å²) in [4.78, 5) is 27.2. The van der Waals surface area contributed by atoms with Gasteiger partial charge in [-0.25, -0.2) is 4.79 Å². The van der Waals surface area contributed by atoms with Crippen molar-refractivity contribution < 1.29 is 9.90 Å². The molecule has 0 amide bonds. The zero-order valence-electron chi connectivity index (χ0n) is 12.6. The standard InChI is InChI=1S/C15H22N2O3/c1-9-12(7-13(18)19)10(2)17(14(20)16-9)11-5-6-15(3,4)8-11/h11H,5-8H2,1-4H3,(H,18,19). The molecule has 1 heterocycles. The molecule has 1 unspecified atom stereocenters. The molecule has 0 aliphatic heterocycles. The first-order valence-corrected chi connectivity index (χ1v) is 7.02. The molecular weight excluding hydrogens is 256 g/mol. The van der Waals surface area contributed by atoms with Gasteiger partial charge in [0.2, 0.25) is 0 Å². The number of carboxylic acid groups (broad SMARTS) is 1. The van der Waals surface area contributed by atoms with Crippen LogP contribution in [-0.4, -0.2) is 20.6 Å². The van der Waals surface area contributed by atoms with E-state index in [1.165, 1.54) is 0 Å². The number of hydrogen-bond donors (Lipinski definition) is 1. The number of carbonyl (C=O) groups is 1. The molecule has 1 atom stereocenters. The van der Waals surface area contributed by atoms with Gasteiger partial charge >= 0.3 is 11.7 Å². The number of aromatic nitrogens is 2. The summed E-state index contributed by atoms with van der Waals surface area (Å²) in [6, 6.07) is 0.137. The minimum Gasteiger partial charge on any atom is -0.481 e. The van der Waals surface area contributed by atoms with E-state index in [4.69, 9.17) is 5.11 Å². The fourth-order valence-electron chi connectivity index (χ4n) is 3.27. The monoisotopic (exact) mass is 278 g/mol. The highest BCUT2D eigenvalue weighted by Crippen LogP contribution is 2.43. The number of aliphatic carboxylic acids is 1. The lowest BCUT2D eigenvalue weighted by molar-refractivity contribution is -0.136. The van der Waals surface area contributed by atoms with E-state index in [9.17, 15) is 9.59 Å². The predicted octanol–water partition coefficient (Wildman–Crippen LogP) is 2.24. The quantitative estimate of drug-likeness (QED) is 0.920. The van der Waals surface area contributed by atoms with Gasteiger partial charge < -0.3 is 5.11 Å². The first-order chi connectivity index (χ1) is 9.21. The molecule has 0 radical (unpaired) electrons. The van der Waals surface area contributed by atoms with E-state index in [1.807, 2.05) is 6.92 Å². The van der Waals surface area contributed by atoms with Crippen molar-refractivity contribution in [3.05, 3.63) is 27.4 Å². The third-order valence-corrected chi connectivity index (χ3v) is 4.34. The minimum absolute atomic E-state index is 0.0823. The summed E-state index contributed by atoms with van der Waals surface area (Å²) in [6.45, 7) is 7.94. The third-order valence-electron chi connectivity index (χ3n) is 4.34. The molecule has 20 heavy (non-hydrogen) atoms. The molecule has 0 bridgehead atoms. The maximum absolute atomic E-state index is 12.2. The lowest BCUT2D eigenvalue weighted by Crippen LogP contribution is -2.31. The number of rotatable bonds is 3. The van der Waals surface area contributed by atoms with E-state index in [0.717, 1.165) is 25.0 Å². The first kappa shape index (κ1) is 14.8. The molecule has 1 aliphatic rings. The van der Waals surface area contributed by atoms with Crippen molar-refractivity contribution >= 4 is 5.97 Å². The highest BCUT2D eigenvalue weighted by molar-refractivity contribution is 5.70. The van der Waals surface area contributed by atoms with Gasteiger partial charge in [-0.05, 0) is 38.5 Å². The SMILES string of the molecule is Cc1nc(=O)n(C2CCC(C)(C)C2)c(C)c1CC(=O)O. The second-order valence-corrected chi connectivity index (χ2v) is 6.55. The number of hydrogen-bond acceptors (Lipinski definition) is 3. The van der Waals surface area contributed by atoms with Crippen LogP contribution in [0, 0.1) is 19.3 Å². The van der Waals surface area contributed by atoms with Crippen molar-refractivity contribution in [1.29, 1.82) is 0 Å². The third kappa shape index (κ3) is 2.76. The van der Waals surface area contributed by atoms with Crippen LogP contribution in [0.1, 0.15) is 56.1 Å². The lowest BCUT2D eigenvalue weighted by Gasteiger charge is -2.22. The number of nitrogens with zero attached hydrogens (tertiary/aromatic N) is 2. The highest BCUT2D eigenvalue weighted by atomic mass is 16.4. The topological polar surface area (TPSA) is 72.2 Å². The molecule has 1 N–H and O–H groups in total. The van der Waals surface area contributed by atoms with Crippen molar-refractivity contribution in [2.75, 3.05) is 0 Å². The van der Waals surface area contributed by atoms with Crippen LogP contribution in [0.4, 0.5) is 0 Å². The average Bonchev–Trinajstić information content (AvgIpc) is 2.64. The fraction of sp³-hybridized carbons (Fsp3) is 0.667. The summed E-state index contributed by atoms with van der Waals surface area (Å²) < 4.78 is 1.71. The van der Waals surface area contributed by atoms with Gasteiger partial charge in [0.1, 0.15) is 0 Å². The van der Waals surface area contributed by atoms with Crippen LogP contribution in [0.25, 0.3) is 0 Å². The molecule has 1 saturated carbocycles.